The highest BCUT2D eigenvalue weighted by atomic mass is 35.5. The average molecular weight is 428 g/mol. The first-order valence-corrected chi connectivity index (χ1v) is 11.1. The van der Waals surface area contributed by atoms with E-state index in [-0.39, 0.29) is 10.6 Å². The van der Waals surface area contributed by atoms with Crippen molar-refractivity contribution >= 4 is 28.9 Å². The average Bonchev–Trinajstić information content (AvgIpc) is 2.71. The van der Waals surface area contributed by atoms with Gasteiger partial charge in [0.25, 0.3) is 5.56 Å². The van der Waals surface area contributed by atoms with Crippen LogP contribution in [0.15, 0.2) is 35.3 Å². The number of aromatic nitrogens is 2. The Morgan fingerprint density at radius 2 is 1.90 bits per heavy atom. The van der Waals surface area contributed by atoms with Crippen molar-refractivity contribution in [3.63, 3.8) is 0 Å². The molecule has 1 aromatic heterocycles. The van der Waals surface area contributed by atoms with Crippen LogP contribution >= 0.6 is 11.6 Å². The van der Waals surface area contributed by atoms with E-state index in [1.807, 2.05) is 24.3 Å². The minimum absolute atomic E-state index is 0.102. The van der Waals surface area contributed by atoms with Gasteiger partial charge in [0.15, 0.2) is 0 Å². The monoisotopic (exact) mass is 427 g/mol. The van der Waals surface area contributed by atoms with Crippen molar-refractivity contribution in [1.82, 2.24) is 9.78 Å². The fraction of sp³-hybridized carbons (Fsp3) is 0.522. The Morgan fingerprint density at radius 1 is 1.23 bits per heavy atom. The van der Waals surface area contributed by atoms with Crippen LogP contribution < -0.4 is 10.9 Å². The molecule has 0 amide bonds. The van der Waals surface area contributed by atoms with Crippen molar-refractivity contribution in [1.29, 1.82) is 0 Å². The number of halogens is 1. The molecular formula is C23H26ClN3O3. The lowest BCUT2D eigenvalue weighted by molar-refractivity contribution is -0.173. The molecule has 2 unspecified atom stereocenters. The maximum Gasteiger partial charge on any atom is 0.309 e. The van der Waals surface area contributed by atoms with E-state index in [4.69, 9.17) is 11.6 Å². The Kier molecular flexibility index (Phi) is 4.47. The Hall–Kier alpha value is -2.34. The van der Waals surface area contributed by atoms with Crippen LogP contribution in [0.25, 0.3) is 0 Å². The number of carboxylic acids is 1. The van der Waals surface area contributed by atoms with E-state index < -0.39 is 16.9 Å². The van der Waals surface area contributed by atoms with Gasteiger partial charge in [0.05, 0.1) is 22.8 Å². The first-order valence-electron chi connectivity index (χ1n) is 10.7. The molecule has 4 aliphatic rings. The third kappa shape index (κ3) is 2.96. The molecule has 0 aliphatic heterocycles. The summed E-state index contributed by atoms with van der Waals surface area (Å²) in [5.74, 6) is -0.0525. The van der Waals surface area contributed by atoms with Crippen LogP contribution in [0.5, 0.6) is 0 Å². The second kappa shape index (κ2) is 6.84. The molecule has 0 saturated heterocycles. The molecule has 4 fully saturated rings. The number of hydrogen-bond donors (Lipinski definition) is 2. The van der Waals surface area contributed by atoms with Gasteiger partial charge in [-0.05, 0) is 74.5 Å². The van der Waals surface area contributed by atoms with Crippen molar-refractivity contribution in [3.05, 3.63) is 51.4 Å². The minimum atomic E-state index is -0.728. The molecule has 4 aliphatic carbocycles. The number of hydrogen-bond acceptors (Lipinski definition) is 4. The summed E-state index contributed by atoms with van der Waals surface area (Å²) in [5, 5.41) is 17.8. The van der Waals surface area contributed by atoms with Gasteiger partial charge >= 0.3 is 5.97 Å². The summed E-state index contributed by atoms with van der Waals surface area (Å²) >= 11 is 6.49. The zero-order valence-corrected chi connectivity index (χ0v) is 17.8. The van der Waals surface area contributed by atoms with Gasteiger partial charge < -0.3 is 10.4 Å². The maximum atomic E-state index is 13.3. The molecule has 7 heteroatoms. The number of aliphatic carboxylic acids is 1. The summed E-state index contributed by atoms with van der Waals surface area (Å²) in [6.45, 7) is 2.10. The number of benzene rings is 1. The summed E-state index contributed by atoms with van der Waals surface area (Å²) in [4.78, 5) is 25.4. The predicted molar refractivity (Wildman–Crippen MR) is 115 cm³/mol. The molecule has 1 aromatic carbocycles. The molecule has 30 heavy (non-hydrogen) atoms. The molecule has 6 rings (SSSR count). The Morgan fingerprint density at radius 3 is 2.50 bits per heavy atom. The molecular weight excluding hydrogens is 402 g/mol. The predicted octanol–water partition coefficient (Wildman–Crippen LogP) is 4.58. The van der Waals surface area contributed by atoms with Crippen molar-refractivity contribution in [3.8, 4) is 0 Å². The number of carboxylic acid groups (broad SMARTS) is 1. The molecule has 0 radical (unpaired) electrons. The first kappa shape index (κ1) is 19.6. The van der Waals surface area contributed by atoms with Crippen molar-refractivity contribution in [2.24, 2.45) is 17.3 Å². The maximum absolute atomic E-state index is 13.3. The van der Waals surface area contributed by atoms with Crippen LogP contribution in [0.4, 0.5) is 11.4 Å². The summed E-state index contributed by atoms with van der Waals surface area (Å²) in [5.41, 5.74) is 0.941. The normalized spacial score (nSPS) is 31.7. The quantitative estimate of drug-likeness (QED) is 0.729. The lowest BCUT2D eigenvalue weighted by Gasteiger charge is -2.60. The molecule has 4 bridgehead atoms. The SMILES string of the molecule is CCc1ccc(Nc2cnn(C34C[C@@H]5C[C@@H](CC(C(=O)O)(C5)C3)C4)c(=O)c2Cl)cc1. The van der Waals surface area contributed by atoms with E-state index in [9.17, 15) is 14.7 Å². The van der Waals surface area contributed by atoms with E-state index in [2.05, 4.69) is 17.3 Å². The number of carbonyl (C=O) groups is 1. The molecule has 4 atom stereocenters. The molecule has 6 nitrogen and oxygen atoms in total. The highest BCUT2D eigenvalue weighted by Gasteiger charge is 2.62. The summed E-state index contributed by atoms with van der Waals surface area (Å²) < 4.78 is 1.51. The highest BCUT2D eigenvalue weighted by molar-refractivity contribution is 6.33. The summed E-state index contributed by atoms with van der Waals surface area (Å²) in [7, 11) is 0. The zero-order chi connectivity index (χ0) is 21.1. The number of nitrogens with zero attached hydrogens (tertiary/aromatic N) is 2. The van der Waals surface area contributed by atoms with E-state index in [0.717, 1.165) is 44.2 Å². The molecule has 4 saturated carbocycles. The van der Waals surface area contributed by atoms with Gasteiger partial charge in [0.1, 0.15) is 5.02 Å². The van der Waals surface area contributed by atoms with Crippen LogP contribution in [0, 0.1) is 17.3 Å². The number of aryl methyl sites for hydroxylation is 1. The number of rotatable bonds is 5. The first-order chi connectivity index (χ1) is 14.3. The summed E-state index contributed by atoms with van der Waals surface area (Å²) in [6.07, 6.45) is 7.15. The number of nitrogens with one attached hydrogen (secondary N) is 1. The Labute approximate surface area is 180 Å². The van der Waals surface area contributed by atoms with Gasteiger partial charge in [0.2, 0.25) is 0 Å². The van der Waals surface area contributed by atoms with Gasteiger partial charge in [-0.25, -0.2) is 4.68 Å². The third-order valence-electron chi connectivity index (χ3n) is 7.49. The Balaban J connectivity index is 1.49. The molecule has 1 heterocycles. The van der Waals surface area contributed by atoms with Crippen LogP contribution in [0.2, 0.25) is 5.02 Å². The van der Waals surface area contributed by atoms with E-state index in [1.54, 1.807) is 6.20 Å². The molecule has 2 aromatic rings. The van der Waals surface area contributed by atoms with E-state index in [0.29, 0.717) is 23.9 Å². The number of anilines is 2. The Bertz CT molecular complexity index is 1050. The lowest BCUT2D eigenvalue weighted by Crippen LogP contribution is -2.61. The zero-order valence-electron chi connectivity index (χ0n) is 17.0. The third-order valence-corrected chi connectivity index (χ3v) is 7.86. The standard InChI is InChI=1S/C23H26ClN3O3/c1-2-14-3-5-17(6-4-14)26-18-12-25-27(20(28)19(18)24)23-10-15-7-16(11-23)9-22(8-15,13-23)21(29)30/h3-6,12,15-16,26H,2,7-11,13H2,1H3,(H,29,30)/t15-,16+,22?,23?. The van der Waals surface area contributed by atoms with E-state index in [1.165, 1.54) is 10.2 Å². The van der Waals surface area contributed by atoms with Crippen LogP contribution in [0.3, 0.4) is 0 Å². The van der Waals surface area contributed by atoms with Crippen LogP contribution in [-0.2, 0) is 16.8 Å². The van der Waals surface area contributed by atoms with Crippen LogP contribution in [0.1, 0.15) is 51.0 Å². The van der Waals surface area contributed by atoms with Crippen molar-refractivity contribution in [2.45, 2.75) is 57.4 Å². The lowest BCUT2D eigenvalue weighted by atomic mass is 9.47. The van der Waals surface area contributed by atoms with Crippen molar-refractivity contribution in [2.75, 3.05) is 5.32 Å². The van der Waals surface area contributed by atoms with Gasteiger partial charge in [-0.15, -0.1) is 0 Å². The van der Waals surface area contributed by atoms with Crippen molar-refractivity contribution < 1.29 is 9.90 Å². The second-order valence-corrected chi connectivity index (χ2v) is 9.91. The van der Waals surface area contributed by atoms with Crippen LogP contribution in [-0.4, -0.2) is 20.9 Å². The van der Waals surface area contributed by atoms with Gasteiger partial charge in [-0.1, -0.05) is 30.7 Å². The highest BCUT2D eigenvalue weighted by Crippen LogP contribution is 2.63. The smallest absolute Gasteiger partial charge is 0.309 e. The fourth-order valence-electron chi connectivity index (χ4n) is 6.55. The van der Waals surface area contributed by atoms with Gasteiger partial charge in [-0.2, -0.15) is 5.10 Å². The minimum Gasteiger partial charge on any atom is -0.481 e. The second-order valence-electron chi connectivity index (χ2n) is 9.54. The molecule has 2 N–H and O–H groups in total. The molecule has 0 spiro atoms. The summed E-state index contributed by atoms with van der Waals surface area (Å²) in [6, 6.07) is 7.98. The van der Waals surface area contributed by atoms with E-state index >= 15 is 0 Å². The largest absolute Gasteiger partial charge is 0.481 e. The van der Waals surface area contributed by atoms with Gasteiger partial charge in [-0.3, -0.25) is 9.59 Å². The fourth-order valence-corrected chi connectivity index (χ4v) is 6.73. The van der Waals surface area contributed by atoms with Gasteiger partial charge in [0, 0.05) is 5.69 Å². The molecule has 158 valence electrons. The topological polar surface area (TPSA) is 84.2 Å².